The van der Waals surface area contributed by atoms with Crippen LogP contribution >= 0.6 is 0 Å². The van der Waals surface area contributed by atoms with Gasteiger partial charge in [-0.1, -0.05) is 6.92 Å². The molecule has 0 amide bonds. The lowest BCUT2D eigenvalue weighted by molar-refractivity contribution is -0.145. The van der Waals surface area contributed by atoms with E-state index in [1.807, 2.05) is 0 Å². The Morgan fingerprint density at radius 1 is 1.17 bits per heavy atom. The summed E-state index contributed by atoms with van der Waals surface area (Å²) in [6.07, 6.45) is -1.91. The molecule has 0 spiro atoms. The van der Waals surface area contributed by atoms with Crippen molar-refractivity contribution >= 4 is 0 Å². The maximum Gasteiger partial charge on any atom is 0.119 e. The molecular weight excluding hydrogens is 160 g/mol. The zero-order valence-electron chi connectivity index (χ0n) is 7.73. The smallest absolute Gasteiger partial charge is 0.119 e. The summed E-state index contributed by atoms with van der Waals surface area (Å²) in [6.45, 7) is 4.80. The van der Waals surface area contributed by atoms with Gasteiger partial charge in [-0.25, -0.2) is 5.43 Å². The number of aliphatic hydroxyl groups is 3. The quantitative estimate of drug-likeness (QED) is 0.327. The fourth-order valence-electron chi connectivity index (χ4n) is 0.791. The van der Waals surface area contributed by atoms with Crippen LogP contribution in [0.25, 0.3) is 0 Å². The van der Waals surface area contributed by atoms with Crippen molar-refractivity contribution in [1.29, 1.82) is 0 Å². The van der Waals surface area contributed by atoms with Crippen LogP contribution in [0.5, 0.6) is 0 Å². The van der Waals surface area contributed by atoms with Crippen LogP contribution in [0.1, 0.15) is 27.2 Å². The zero-order chi connectivity index (χ0) is 9.72. The summed E-state index contributed by atoms with van der Waals surface area (Å²) < 4.78 is 0. The molecular formula is C7H18N2O3. The summed E-state index contributed by atoms with van der Waals surface area (Å²) in [6, 6.07) is 0. The van der Waals surface area contributed by atoms with Gasteiger partial charge in [-0.15, -0.1) is 0 Å². The van der Waals surface area contributed by atoms with E-state index in [1.54, 1.807) is 6.92 Å². The Kier molecular flexibility index (Phi) is 5.36. The van der Waals surface area contributed by atoms with Gasteiger partial charge in [0.2, 0.25) is 0 Å². The van der Waals surface area contributed by atoms with E-state index in [0.29, 0.717) is 6.42 Å². The molecule has 0 aromatic carbocycles. The normalized spacial score (nSPS) is 19.2. The third kappa shape index (κ3) is 3.99. The van der Waals surface area contributed by atoms with Crippen molar-refractivity contribution in [1.82, 2.24) is 10.4 Å². The number of hydrogen-bond donors (Lipinski definition) is 4. The minimum Gasteiger partial charge on any atom is -0.377 e. The molecule has 0 aromatic heterocycles. The number of hydrogen-bond acceptors (Lipinski definition) is 5. The average molecular weight is 178 g/mol. The second-order valence-electron chi connectivity index (χ2n) is 2.72. The monoisotopic (exact) mass is 178 g/mol. The molecule has 3 unspecified atom stereocenters. The van der Waals surface area contributed by atoms with Crippen molar-refractivity contribution in [3.05, 3.63) is 0 Å². The first kappa shape index (κ1) is 11.8. The van der Waals surface area contributed by atoms with E-state index in [2.05, 4.69) is 5.43 Å². The van der Waals surface area contributed by atoms with E-state index in [4.69, 9.17) is 15.3 Å². The Morgan fingerprint density at radius 3 is 1.83 bits per heavy atom. The van der Waals surface area contributed by atoms with Crippen LogP contribution in [0.2, 0.25) is 0 Å². The van der Waals surface area contributed by atoms with Gasteiger partial charge in [0, 0.05) is 0 Å². The summed E-state index contributed by atoms with van der Waals surface area (Å²) >= 11 is 0. The summed E-state index contributed by atoms with van der Waals surface area (Å²) in [5.41, 5.74) is 2.55. The first-order valence-electron chi connectivity index (χ1n) is 4.07. The Balaban J connectivity index is 3.95. The van der Waals surface area contributed by atoms with Crippen molar-refractivity contribution in [2.45, 2.75) is 45.9 Å². The lowest BCUT2D eigenvalue weighted by Gasteiger charge is -2.30. The summed E-state index contributed by atoms with van der Waals surface area (Å²) in [5, 5.41) is 28.6. The summed E-state index contributed by atoms with van der Waals surface area (Å²) in [4.78, 5) is 0. The standard InChI is InChI=1S/C7H18N2O3/c1-4-7(12)8-9(5(2)10)6(3)11/h5-8,10-12H,4H2,1-3H3. The second-order valence-corrected chi connectivity index (χ2v) is 2.72. The average Bonchev–Trinajstić information content (AvgIpc) is 1.98. The Labute approximate surface area is 72.6 Å². The Bertz CT molecular complexity index is 111. The van der Waals surface area contributed by atoms with E-state index in [9.17, 15) is 0 Å². The zero-order valence-corrected chi connectivity index (χ0v) is 7.73. The van der Waals surface area contributed by atoms with Crippen LogP contribution in [0.4, 0.5) is 0 Å². The molecule has 5 heteroatoms. The van der Waals surface area contributed by atoms with Crippen LogP contribution in [-0.4, -0.2) is 39.0 Å². The van der Waals surface area contributed by atoms with Gasteiger partial charge in [0.05, 0.1) is 0 Å². The molecule has 0 aliphatic heterocycles. The molecule has 74 valence electrons. The van der Waals surface area contributed by atoms with E-state index in [-0.39, 0.29) is 0 Å². The third-order valence-corrected chi connectivity index (χ3v) is 1.49. The van der Waals surface area contributed by atoms with Gasteiger partial charge in [-0.05, 0) is 20.3 Å². The molecule has 0 radical (unpaired) electrons. The maximum absolute atomic E-state index is 9.15. The van der Waals surface area contributed by atoms with Gasteiger partial charge in [-0.3, -0.25) is 0 Å². The van der Waals surface area contributed by atoms with Crippen LogP contribution in [0.3, 0.4) is 0 Å². The molecule has 5 nitrogen and oxygen atoms in total. The highest BCUT2D eigenvalue weighted by atomic mass is 16.3. The first-order valence-corrected chi connectivity index (χ1v) is 4.07. The lowest BCUT2D eigenvalue weighted by Crippen LogP contribution is -2.53. The highest BCUT2D eigenvalue weighted by Gasteiger charge is 2.17. The third-order valence-electron chi connectivity index (χ3n) is 1.49. The lowest BCUT2D eigenvalue weighted by atomic mass is 10.4. The minimum absolute atomic E-state index is 0.510. The predicted molar refractivity (Wildman–Crippen MR) is 44.6 cm³/mol. The molecule has 0 aromatic rings. The Morgan fingerprint density at radius 2 is 1.58 bits per heavy atom. The van der Waals surface area contributed by atoms with E-state index in [1.165, 1.54) is 18.9 Å². The highest BCUT2D eigenvalue weighted by Crippen LogP contribution is 1.98. The molecule has 0 aliphatic carbocycles. The molecule has 0 fully saturated rings. The molecule has 0 bridgehead atoms. The van der Waals surface area contributed by atoms with Gasteiger partial charge in [0.1, 0.15) is 18.7 Å². The predicted octanol–water partition coefficient (Wildman–Crippen LogP) is -0.802. The van der Waals surface area contributed by atoms with Crippen LogP contribution in [0, 0.1) is 0 Å². The van der Waals surface area contributed by atoms with Crippen molar-refractivity contribution in [2.75, 3.05) is 0 Å². The van der Waals surface area contributed by atoms with Gasteiger partial charge in [0.25, 0.3) is 0 Å². The molecule has 3 atom stereocenters. The maximum atomic E-state index is 9.15. The molecule has 0 aliphatic rings. The summed E-state index contributed by atoms with van der Waals surface area (Å²) in [5.74, 6) is 0. The number of rotatable bonds is 5. The topological polar surface area (TPSA) is 76.0 Å². The molecule has 0 rings (SSSR count). The number of hydrazine groups is 1. The van der Waals surface area contributed by atoms with Gasteiger partial charge in [-0.2, -0.15) is 5.01 Å². The fraction of sp³-hybridized carbons (Fsp3) is 1.00. The van der Waals surface area contributed by atoms with Crippen LogP contribution in [0.15, 0.2) is 0 Å². The molecule has 0 saturated carbocycles. The van der Waals surface area contributed by atoms with Gasteiger partial charge < -0.3 is 15.3 Å². The van der Waals surface area contributed by atoms with Crippen molar-refractivity contribution in [3.63, 3.8) is 0 Å². The van der Waals surface area contributed by atoms with Crippen molar-refractivity contribution in [2.24, 2.45) is 0 Å². The number of nitrogens with zero attached hydrogens (tertiary/aromatic N) is 1. The fourth-order valence-corrected chi connectivity index (χ4v) is 0.791. The van der Waals surface area contributed by atoms with Crippen molar-refractivity contribution < 1.29 is 15.3 Å². The molecule has 4 N–H and O–H groups in total. The largest absolute Gasteiger partial charge is 0.377 e. The van der Waals surface area contributed by atoms with Crippen molar-refractivity contribution in [3.8, 4) is 0 Å². The van der Waals surface area contributed by atoms with Crippen LogP contribution in [-0.2, 0) is 0 Å². The second kappa shape index (κ2) is 5.45. The molecule has 12 heavy (non-hydrogen) atoms. The highest BCUT2D eigenvalue weighted by molar-refractivity contribution is 4.55. The first-order chi connectivity index (χ1) is 5.49. The number of nitrogens with one attached hydrogen (secondary N) is 1. The van der Waals surface area contributed by atoms with Gasteiger partial charge >= 0.3 is 0 Å². The molecule has 0 saturated heterocycles. The van der Waals surface area contributed by atoms with E-state index < -0.39 is 18.7 Å². The molecule has 0 heterocycles. The SMILES string of the molecule is CCC(O)NN(C(C)O)C(C)O. The summed E-state index contributed by atoms with van der Waals surface area (Å²) in [7, 11) is 0. The van der Waals surface area contributed by atoms with Gasteiger partial charge in [0.15, 0.2) is 0 Å². The minimum atomic E-state index is -0.841. The van der Waals surface area contributed by atoms with E-state index >= 15 is 0 Å². The number of aliphatic hydroxyl groups excluding tert-OH is 3. The Hall–Kier alpha value is -0.200. The van der Waals surface area contributed by atoms with E-state index in [0.717, 1.165) is 0 Å². The van der Waals surface area contributed by atoms with Crippen LogP contribution < -0.4 is 5.43 Å².